The van der Waals surface area contributed by atoms with Gasteiger partial charge in [-0.3, -0.25) is 4.79 Å². The van der Waals surface area contributed by atoms with Gasteiger partial charge in [-0.2, -0.15) is 0 Å². The number of nitrogens with two attached hydrogens (primary N) is 1. The fourth-order valence-corrected chi connectivity index (χ4v) is 3.16. The molecule has 8 heteroatoms. The van der Waals surface area contributed by atoms with Crippen LogP contribution in [0.1, 0.15) is 57.6 Å². The monoisotopic (exact) mass is 379 g/mol. The van der Waals surface area contributed by atoms with E-state index in [0.29, 0.717) is 13.1 Å². The van der Waals surface area contributed by atoms with E-state index in [0.717, 1.165) is 43.9 Å². The molecule has 0 aromatic carbocycles. The van der Waals surface area contributed by atoms with Gasteiger partial charge in [-0.05, 0) is 25.7 Å². The molecule has 0 atom stereocenters. The van der Waals surface area contributed by atoms with E-state index >= 15 is 0 Å². The predicted octanol–water partition coefficient (Wildman–Crippen LogP) is 2.27. The summed E-state index contributed by atoms with van der Waals surface area (Å²) in [5, 5.41) is 11.6. The van der Waals surface area contributed by atoms with Gasteiger partial charge in [0.2, 0.25) is 5.91 Å². The molecule has 2 rings (SSSR count). The first-order chi connectivity index (χ1) is 10.7. The standard InChI is InChI=1S/C16H29N5O.2ClH/c1-3-16(4-2,12-17)15(22)18-10-9-14-20-19-13-8-6-5-7-11-21(13)14;;/h3-12,17H2,1-2H3,(H,18,22);2*1H. The summed E-state index contributed by atoms with van der Waals surface area (Å²) in [4.78, 5) is 12.4. The lowest BCUT2D eigenvalue weighted by Crippen LogP contribution is -2.45. The highest BCUT2D eigenvalue weighted by Crippen LogP contribution is 2.24. The van der Waals surface area contributed by atoms with Crippen LogP contribution in [0.15, 0.2) is 0 Å². The van der Waals surface area contributed by atoms with Gasteiger partial charge in [0.25, 0.3) is 0 Å². The molecule has 2 heterocycles. The Balaban J connectivity index is 0.00000264. The molecular weight excluding hydrogens is 349 g/mol. The number of hydrogen-bond donors (Lipinski definition) is 2. The molecule has 1 amide bonds. The summed E-state index contributed by atoms with van der Waals surface area (Å²) in [5.74, 6) is 2.15. The van der Waals surface area contributed by atoms with E-state index in [2.05, 4.69) is 20.1 Å². The second-order valence-electron chi connectivity index (χ2n) is 6.19. The van der Waals surface area contributed by atoms with Crippen LogP contribution < -0.4 is 11.1 Å². The van der Waals surface area contributed by atoms with Gasteiger partial charge in [-0.1, -0.05) is 20.3 Å². The highest BCUT2D eigenvalue weighted by Gasteiger charge is 2.32. The van der Waals surface area contributed by atoms with Crippen LogP contribution in [-0.4, -0.2) is 33.8 Å². The molecule has 0 spiro atoms. The van der Waals surface area contributed by atoms with Crippen LogP contribution in [0, 0.1) is 5.41 Å². The molecule has 0 fully saturated rings. The third-order valence-corrected chi connectivity index (χ3v) is 5.05. The first-order valence-electron chi connectivity index (χ1n) is 8.56. The summed E-state index contributed by atoms with van der Waals surface area (Å²) in [6.07, 6.45) is 6.92. The van der Waals surface area contributed by atoms with Gasteiger partial charge in [0.1, 0.15) is 11.6 Å². The molecule has 1 aliphatic rings. The van der Waals surface area contributed by atoms with Crippen molar-refractivity contribution in [2.75, 3.05) is 13.1 Å². The molecule has 0 radical (unpaired) electrons. The van der Waals surface area contributed by atoms with Crippen LogP contribution in [0.3, 0.4) is 0 Å². The molecule has 1 aromatic heterocycles. The number of halogens is 2. The van der Waals surface area contributed by atoms with Crippen LogP contribution in [0.4, 0.5) is 0 Å². The largest absolute Gasteiger partial charge is 0.355 e. The predicted molar refractivity (Wildman–Crippen MR) is 101 cm³/mol. The number of rotatable bonds is 7. The van der Waals surface area contributed by atoms with Gasteiger partial charge >= 0.3 is 0 Å². The van der Waals surface area contributed by atoms with Gasteiger partial charge in [-0.25, -0.2) is 0 Å². The molecule has 6 nitrogen and oxygen atoms in total. The first kappa shape index (κ1) is 23.1. The average molecular weight is 380 g/mol. The van der Waals surface area contributed by atoms with Gasteiger partial charge < -0.3 is 15.6 Å². The normalized spacial score (nSPS) is 14.0. The van der Waals surface area contributed by atoms with Gasteiger partial charge in [0.15, 0.2) is 0 Å². The maximum Gasteiger partial charge on any atom is 0.227 e. The van der Waals surface area contributed by atoms with Crippen molar-refractivity contribution in [2.24, 2.45) is 11.1 Å². The molecule has 24 heavy (non-hydrogen) atoms. The Kier molecular flexibility index (Phi) is 10.5. The van der Waals surface area contributed by atoms with E-state index < -0.39 is 5.41 Å². The molecule has 3 N–H and O–H groups in total. The summed E-state index contributed by atoms with van der Waals surface area (Å²) in [5.41, 5.74) is 5.39. The van der Waals surface area contributed by atoms with Crippen LogP contribution in [0.2, 0.25) is 0 Å². The van der Waals surface area contributed by atoms with E-state index in [1.165, 1.54) is 19.3 Å². The van der Waals surface area contributed by atoms with E-state index in [9.17, 15) is 4.79 Å². The highest BCUT2D eigenvalue weighted by molar-refractivity contribution is 5.85. The first-order valence-corrected chi connectivity index (χ1v) is 8.56. The summed E-state index contributed by atoms with van der Waals surface area (Å²) >= 11 is 0. The second-order valence-corrected chi connectivity index (χ2v) is 6.19. The maximum absolute atomic E-state index is 12.4. The number of fused-ring (bicyclic) bond motifs is 1. The third kappa shape index (κ3) is 5.07. The smallest absolute Gasteiger partial charge is 0.227 e. The zero-order valence-electron chi connectivity index (χ0n) is 14.7. The summed E-state index contributed by atoms with van der Waals surface area (Å²) in [6.45, 7) is 6.04. The van der Waals surface area contributed by atoms with Crippen molar-refractivity contribution in [1.82, 2.24) is 20.1 Å². The zero-order chi connectivity index (χ0) is 16.0. The number of carbonyl (C=O) groups excluding carboxylic acids is 1. The molecule has 0 saturated heterocycles. The van der Waals surface area contributed by atoms with E-state index in [1.54, 1.807) is 0 Å². The SMILES string of the molecule is CCC(CC)(CN)C(=O)NCCc1nnc2n1CCCCC2.Cl.Cl. The van der Waals surface area contributed by atoms with Crippen molar-refractivity contribution >= 4 is 30.7 Å². The van der Waals surface area contributed by atoms with Crippen LogP contribution in [-0.2, 0) is 24.2 Å². The van der Waals surface area contributed by atoms with Crippen molar-refractivity contribution in [3.05, 3.63) is 11.6 Å². The van der Waals surface area contributed by atoms with Crippen molar-refractivity contribution in [2.45, 2.75) is 65.3 Å². The lowest BCUT2D eigenvalue weighted by molar-refractivity contribution is -0.131. The zero-order valence-corrected chi connectivity index (χ0v) is 16.3. The molecule has 0 aliphatic carbocycles. The Morgan fingerprint density at radius 1 is 1.21 bits per heavy atom. The third-order valence-electron chi connectivity index (χ3n) is 5.05. The Morgan fingerprint density at radius 2 is 1.92 bits per heavy atom. The van der Waals surface area contributed by atoms with Crippen molar-refractivity contribution in [3.8, 4) is 0 Å². The lowest BCUT2D eigenvalue weighted by atomic mass is 9.81. The Morgan fingerprint density at radius 3 is 2.54 bits per heavy atom. The van der Waals surface area contributed by atoms with Crippen LogP contribution in [0.5, 0.6) is 0 Å². The number of hydrogen-bond acceptors (Lipinski definition) is 4. The number of nitrogens with zero attached hydrogens (tertiary/aromatic N) is 3. The molecule has 0 bridgehead atoms. The number of amides is 1. The average Bonchev–Trinajstić information content (AvgIpc) is 2.77. The number of nitrogens with one attached hydrogen (secondary N) is 1. The second kappa shape index (κ2) is 10.9. The van der Waals surface area contributed by atoms with Gasteiger partial charge in [-0.15, -0.1) is 35.0 Å². The molecule has 0 saturated carbocycles. The van der Waals surface area contributed by atoms with E-state index in [-0.39, 0.29) is 30.7 Å². The lowest BCUT2D eigenvalue weighted by Gasteiger charge is -2.28. The molecular formula is C16H31Cl2N5O. The molecule has 1 aliphatic heterocycles. The summed E-state index contributed by atoms with van der Waals surface area (Å²) in [6, 6.07) is 0. The molecule has 1 aromatic rings. The highest BCUT2D eigenvalue weighted by atomic mass is 35.5. The van der Waals surface area contributed by atoms with Crippen LogP contribution >= 0.6 is 24.8 Å². The van der Waals surface area contributed by atoms with Crippen molar-refractivity contribution in [3.63, 3.8) is 0 Å². The summed E-state index contributed by atoms with van der Waals surface area (Å²) < 4.78 is 2.23. The fraction of sp³-hybridized carbons (Fsp3) is 0.812. The van der Waals surface area contributed by atoms with Crippen molar-refractivity contribution in [1.29, 1.82) is 0 Å². The quantitative estimate of drug-likeness (QED) is 0.760. The maximum atomic E-state index is 12.4. The fourth-order valence-electron chi connectivity index (χ4n) is 3.16. The van der Waals surface area contributed by atoms with Gasteiger partial charge in [0, 0.05) is 32.5 Å². The Hall–Kier alpha value is -0.850. The minimum absolute atomic E-state index is 0. The number of aryl methyl sites for hydroxylation is 1. The van der Waals surface area contributed by atoms with Crippen molar-refractivity contribution < 1.29 is 4.79 Å². The molecule has 0 unspecified atom stereocenters. The minimum Gasteiger partial charge on any atom is -0.355 e. The molecule has 140 valence electrons. The van der Waals surface area contributed by atoms with Gasteiger partial charge in [0.05, 0.1) is 5.41 Å². The Bertz CT molecular complexity index is 494. The number of aromatic nitrogens is 3. The van der Waals surface area contributed by atoms with E-state index in [4.69, 9.17) is 5.73 Å². The number of carbonyl (C=O) groups is 1. The summed E-state index contributed by atoms with van der Waals surface area (Å²) in [7, 11) is 0. The van der Waals surface area contributed by atoms with Crippen LogP contribution in [0.25, 0.3) is 0 Å². The topological polar surface area (TPSA) is 85.8 Å². The Labute approximate surface area is 157 Å². The minimum atomic E-state index is -0.429. The van der Waals surface area contributed by atoms with E-state index in [1.807, 2.05) is 13.8 Å².